The van der Waals surface area contributed by atoms with Gasteiger partial charge in [0.05, 0.1) is 7.11 Å². The fraction of sp³-hybridized carbons (Fsp3) is 0.267. The minimum absolute atomic E-state index is 0.870. The molecule has 0 bridgehead atoms. The maximum absolute atomic E-state index is 5.25. The molecule has 0 fully saturated rings. The molecule has 0 amide bonds. The fourth-order valence-electron chi connectivity index (χ4n) is 1.75. The maximum atomic E-state index is 5.25. The van der Waals surface area contributed by atoms with Crippen LogP contribution in [0.1, 0.15) is 5.56 Å². The first-order chi connectivity index (χ1) is 9.19. The predicted molar refractivity (Wildman–Crippen MR) is 78.7 cm³/mol. The van der Waals surface area contributed by atoms with Crippen molar-refractivity contribution in [3.63, 3.8) is 0 Å². The van der Waals surface area contributed by atoms with Crippen LogP contribution in [0.3, 0.4) is 0 Å². The smallest absolute Gasteiger partial charge is 0.119 e. The van der Waals surface area contributed by atoms with Gasteiger partial charge in [-0.1, -0.05) is 23.9 Å². The third-order valence-corrected chi connectivity index (χ3v) is 3.64. The Kier molecular flexibility index (Phi) is 4.82. The molecule has 19 heavy (non-hydrogen) atoms. The molecule has 0 radical (unpaired) electrons. The number of hydrogen-bond acceptors (Lipinski definition) is 4. The van der Waals surface area contributed by atoms with E-state index in [1.54, 1.807) is 18.9 Å². The van der Waals surface area contributed by atoms with Crippen LogP contribution in [0.5, 0.6) is 5.75 Å². The molecule has 2 rings (SSSR count). The standard InChI is InChI=1S/C15H18N2OS/c1-17(2)11-12-6-5-9-16-15(12)19-14-8-4-7-13(10-14)18-3/h4-10H,11H2,1-3H3. The second-order valence-corrected chi connectivity index (χ2v) is 5.55. The van der Waals surface area contributed by atoms with Crippen molar-refractivity contribution in [2.45, 2.75) is 16.5 Å². The first kappa shape index (κ1) is 13.9. The van der Waals surface area contributed by atoms with Crippen LogP contribution in [-0.4, -0.2) is 31.1 Å². The van der Waals surface area contributed by atoms with Crippen LogP contribution in [0.25, 0.3) is 0 Å². The summed E-state index contributed by atoms with van der Waals surface area (Å²) >= 11 is 1.67. The summed E-state index contributed by atoms with van der Waals surface area (Å²) in [4.78, 5) is 7.76. The van der Waals surface area contributed by atoms with Gasteiger partial charge in [0.25, 0.3) is 0 Å². The number of rotatable bonds is 5. The van der Waals surface area contributed by atoms with Crippen molar-refractivity contribution in [1.82, 2.24) is 9.88 Å². The van der Waals surface area contributed by atoms with Crippen LogP contribution in [0.4, 0.5) is 0 Å². The Morgan fingerprint density at radius 3 is 2.79 bits per heavy atom. The monoisotopic (exact) mass is 274 g/mol. The highest BCUT2D eigenvalue weighted by Crippen LogP contribution is 2.31. The van der Waals surface area contributed by atoms with E-state index in [2.05, 4.69) is 36.1 Å². The molecule has 0 unspecified atom stereocenters. The summed E-state index contributed by atoms with van der Waals surface area (Å²) < 4.78 is 5.25. The molecule has 0 aliphatic heterocycles. The van der Waals surface area contributed by atoms with Crippen LogP contribution < -0.4 is 4.74 Å². The van der Waals surface area contributed by atoms with Gasteiger partial charge in [-0.05, 0) is 43.9 Å². The maximum Gasteiger partial charge on any atom is 0.119 e. The summed E-state index contributed by atoms with van der Waals surface area (Å²) in [5.74, 6) is 0.870. The summed E-state index contributed by atoms with van der Waals surface area (Å²) in [6.45, 7) is 0.889. The minimum atomic E-state index is 0.870. The van der Waals surface area contributed by atoms with Gasteiger partial charge in [-0.15, -0.1) is 0 Å². The van der Waals surface area contributed by atoms with Gasteiger partial charge in [0.1, 0.15) is 10.8 Å². The summed E-state index contributed by atoms with van der Waals surface area (Å²) in [7, 11) is 5.81. The molecule has 2 aromatic rings. The van der Waals surface area contributed by atoms with E-state index >= 15 is 0 Å². The number of aromatic nitrogens is 1. The number of nitrogens with zero attached hydrogens (tertiary/aromatic N) is 2. The molecule has 0 N–H and O–H groups in total. The zero-order valence-electron chi connectivity index (χ0n) is 11.5. The Bertz CT molecular complexity index is 543. The molecule has 0 spiro atoms. The van der Waals surface area contributed by atoms with Gasteiger partial charge in [-0.3, -0.25) is 0 Å². The first-order valence-corrected chi connectivity index (χ1v) is 6.91. The molecule has 0 saturated carbocycles. The average molecular weight is 274 g/mol. The topological polar surface area (TPSA) is 25.4 Å². The third-order valence-electron chi connectivity index (χ3n) is 2.59. The molecule has 3 nitrogen and oxygen atoms in total. The fourth-order valence-corrected chi connectivity index (χ4v) is 2.68. The van der Waals surface area contributed by atoms with E-state index in [0.717, 1.165) is 22.2 Å². The average Bonchev–Trinajstić information content (AvgIpc) is 2.41. The summed E-state index contributed by atoms with van der Waals surface area (Å²) in [6, 6.07) is 12.1. The van der Waals surface area contributed by atoms with E-state index in [9.17, 15) is 0 Å². The molecule has 0 aliphatic carbocycles. The molecule has 1 heterocycles. The Balaban J connectivity index is 2.22. The normalized spacial score (nSPS) is 10.7. The Morgan fingerprint density at radius 1 is 1.21 bits per heavy atom. The van der Waals surface area contributed by atoms with E-state index < -0.39 is 0 Å². The van der Waals surface area contributed by atoms with Crippen LogP contribution in [0.2, 0.25) is 0 Å². The number of ether oxygens (including phenoxy) is 1. The minimum Gasteiger partial charge on any atom is -0.497 e. The Labute approximate surface area is 118 Å². The largest absolute Gasteiger partial charge is 0.497 e. The van der Waals surface area contributed by atoms with Crippen LogP contribution in [0.15, 0.2) is 52.5 Å². The molecule has 100 valence electrons. The lowest BCUT2D eigenvalue weighted by molar-refractivity contribution is 0.398. The molecular weight excluding hydrogens is 256 g/mol. The van der Waals surface area contributed by atoms with Crippen molar-refractivity contribution in [1.29, 1.82) is 0 Å². The van der Waals surface area contributed by atoms with Crippen molar-refractivity contribution in [2.24, 2.45) is 0 Å². The molecule has 1 aromatic carbocycles. The number of pyridine rings is 1. The van der Waals surface area contributed by atoms with Gasteiger partial charge in [0.15, 0.2) is 0 Å². The van der Waals surface area contributed by atoms with Gasteiger partial charge >= 0.3 is 0 Å². The zero-order chi connectivity index (χ0) is 13.7. The Morgan fingerprint density at radius 2 is 2.05 bits per heavy atom. The van der Waals surface area contributed by atoms with Crippen molar-refractivity contribution < 1.29 is 4.74 Å². The van der Waals surface area contributed by atoms with Crippen molar-refractivity contribution in [2.75, 3.05) is 21.2 Å². The van der Waals surface area contributed by atoms with Crippen LogP contribution in [0, 0.1) is 0 Å². The lowest BCUT2D eigenvalue weighted by Crippen LogP contribution is -2.11. The summed E-state index contributed by atoms with van der Waals surface area (Å²) in [5, 5.41) is 1.05. The van der Waals surface area contributed by atoms with Gasteiger partial charge in [-0.2, -0.15) is 0 Å². The van der Waals surface area contributed by atoms with Crippen LogP contribution in [-0.2, 0) is 6.54 Å². The third kappa shape index (κ3) is 3.98. The van der Waals surface area contributed by atoms with Gasteiger partial charge < -0.3 is 9.64 Å². The Hall–Kier alpha value is -1.52. The SMILES string of the molecule is COc1cccc(Sc2ncccc2CN(C)C)c1. The first-order valence-electron chi connectivity index (χ1n) is 6.09. The summed E-state index contributed by atoms with van der Waals surface area (Å²) in [5.41, 5.74) is 1.24. The highest BCUT2D eigenvalue weighted by Gasteiger charge is 2.07. The van der Waals surface area contributed by atoms with E-state index in [1.165, 1.54) is 5.56 Å². The second kappa shape index (κ2) is 6.59. The lowest BCUT2D eigenvalue weighted by atomic mass is 10.3. The van der Waals surface area contributed by atoms with Crippen LogP contribution >= 0.6 is 11.8 Å². The molecule has 1 aromatic heterocycles. The van der Waals surface area contributed by atoms with E-state index in [4.69, 9.17) is 4.74 Å². The van der Waals surface area contributed by atoms with E-state index in [-0.39, 0.29) is 0 Å². The molecule has 0 atom stereocenters. The number of benzene rings is 1. The van der Waals surface area contributed by atoms with E-state index in [1.807, 2.05) is 30.5 Å². The van der Waals surface area contributed by atoms with Crippen molar-refractivity contribution >= 4 is 11.8 Å². The van der Waals surface area contributed by atoms with Gasteiger partial charge in [0.2, 0.25) is 0 Å². The predicted octanol–water partition coefficient (Wildman–Crippen LogP) is 3.30. The van der Waals surface area contributed by atoms with Gasteiger partial charge in [0, 0.05) is 17.6 Å². The van der Waals surface area contributed by atoms with Crippen molar-refractivity contribution in [3.05, 3.63) is 48.2 Å². The molecule has 0 aliphatic rings. The molecule has 0 saturated heterocycles. The van der Waals surface area contributed by atoms with Gasteiger partial charge in [-0.25, -0.2) is 4.98 Å². The number of hydrogen-bond donors (Lipinski definition) is 0. The second-order valence-electron chi connectivity index (χ2n) is 4.49. The molecule has 4 heteroatoms. The van der Waals surface area contributed by atoms with E-state index in [0.29, 0.717) is 0 Å². The molecular formula is C15H18N2OS. The highest BCUT2D eigenvalue weighted by atomic mass is 32.2. The quantitative estimate of drug-likeness (QED) is 0.835. The highest BCUT2D eigenvalue weighted by molar-refractivity contribution is 7.99. The summed E-state index contributed by atoms with van der Waals surface area (Å²) in [6.07, 6.45) is 1.83. The lowest BCUT2D eigenvalue weighted by Gasteiger charge is -2.13. The zero-order valence-corrected chi connectivity index (χ0v) is 12.3. The van der Waals surface area contributed by atoms with Crippen molar-refractivity contribution in [3.8, 4) is 5.75 Å². The number of methoxy groups -OCH3 is 1.